The maximum atomic E-state index is 12.2. The van der Waals surface area contributed by atoms with Crippen molar-refractivity contribution in [3.63, 3.8) is 0 Å². The van der Waals surface area contributed by atoms with Crippen molar-refractivity contribution < 1.29 is 19.4 Å². The van der Waals surface area contributed by atoms with Crippen LogP contribution in [-0.2, 0) is 11.2 Å². The molecule has 0 aliphatic heterocycles. The van der Waals surface area contributed by atoms with Gasteiger partial charge in [-0.1, -0.05) is 25.5 Å². The molecule has 162 valence electrons. The van der Waals surface area contributed by atoms with Gasteiger partial charge in [0.15, 0.2) is 0 Å². The molecule has 2 aromatic carbocycles. The van der Waals surface area contributed by atoms with Crippen molar-refractivity contribution in [2.24, 2.45) is 0 Å². The largest absolute Gasteiger partial charge is 0.494 e. The number of aliphatic hydroxyl groups excluding tert-OH is 1. The molecule has 3 amide bonds. The van der Waals surface area contributed by atoms with Crippen molar-refractivity contribution in [1.82, 2.24) is 5.32 Å². The molecular formula is C23H31N3O4. The van der Waals surface area contributed by atoms with Crippen LogP contribution in [0.3, 0.4) is 0 Å². The average molecular weight is 414 g/mol. The highest BCUT2D eigenvalue weighted by atomic mass is 16.5. The predicted molar refractivity (Wildman–Crippen MR) is 119 cm³/mol. The number of hydrogen-bond acceptors (Lipinski definition) is 4. The summed E-state index contributed by atoms with van der Waals surface area (Å²) >= 11 is 0. The molecular weight excluding hydrogens is 382 g/mol. The number of unbranched alkanes of at least 4 members (excludes halogenated alkanes) is 1. The van der Waals surface area contributed by atoms with E-state index in [1.165, 1.54) is 0 Å². The Bertz CT molecular complexity index is 817. The Morgan fingerprint density at radius 2 is 1.53 bits per heavy atom. The summed E-state index contributed by atoms with van der Waals surface area (Å²) in [6, 6.07) is 13.9. The zero-order chi connectivity index (χ0) is 22.0. The smallest absolute Gasteiger partial charge is 0.323 e. The molecule has 0 heterocycles. The molecule has 0 unspecified atom stereocenters. The molecule has 0 saturated carbocycles. The molecule has 2 aromatic rings. The van der Waals surface area contributed by atoms with Crippen LogP contribution >= 0.6 is 0 Å². The number of anilines is 2. The van der Waals surface area contributed by atoms with E-state index in [0.29, 0.717) is 18.0 Å². The Morgan fingerprint density at radius 1 is 0.967 bits per heavy atom. The number of amides is 3. The van der Waals surface area contributed by atoms with Crippen molar-refractivity contribution >= 4 is 23.3 Å². The van der Waals surface area contributed by atoms with Gasteiger partial charge in [-0.15, -0.1) is 0 Å². The van der Waals surface area contributed by atoms with Gasteiger partial charge in [0.25, 0.3) is 0 Å². The van der Waals surface area contributed by atoms with E-state index in [1.807, 2.05) is 12.1 Å². The molecule has 30 heavy (non-hydrogen) atoms. The maximum Gasteiger partial charge on any atom is 0.323 e. The molecule has 0 aliphatic rings. The number of aliphatic hydroxyl groups is 1. The standard InChI is InChI=1S/C23H31N3O4/c1-4-5-14-30-20-12-10-19(11-13-20)25-22(29)24-18-8-6-17(7-9-18)15-21(28)26-23(2,3)16-27/h6-13,27H,4-5,14-16H2,1-3H3,(H,26,28)(H2,24,25,29). The number of nitrogens with one attached hydrogen (secondary N) is 3. The zero-order valence-corrected chi connectivity index (χ0v) is 17.8. The summed E-state index contributed by atoms with van der Waals surface area (Å²) in [5.74, 6) is 0.603. The van der Waals surface area contributed by atoms with Gasteiger partial charge in [-0.25, -0.2) is 4.79 Å². The molecule has 0 aromatic heterocycles. The third-order valence-electron chi connectivity index (χ3n) is 4.33. The van der Waals surface area contributed by atoms with Gasteiger partial charge in [0.2, 0.25) is 5.91 Å². The van der Waals surface area contributed by atoms with Gasteiger partial charge < -0.3 is 25.8 Å². The van der Waals surface area contributed by atoms with Crippen molar-refractivity contribution in [2.75, 3.05) is 23.8 Å². The number of rotatable bonds is 10. The van der Waals surface area contributed by atoms with Crippen LogP contribution in [0, 0.1) is 0 Å². The SMILES string of the molecule is CCCCOc1ccc(NC(=O)Nc2ccc(CC(=O)NC(C)(C)CO)cc2)cc1. The van der Waals surface area contributed by atoms with E-state index in [1.54, 1.807) is 50.2 Å². The van der Waals surface area contributed by atoms with E-state index < -0.39 is 5.54 Å². The number of ether oxygens (including phenoxy) is 1. The van der Waals surface area contributed by atoms with E-state index in [4.69, 9.17) is 4.74 Å². The summed E-state index contributed by atoms with van der Waals surface area (Å²) in [7, 11) is 0. The molecule has 0 fully saturated rings. The van der Waals surface area contributed by atoms with Crippen molar-refractivity contribution in [1.29, 1.82) is 0 Å². The van der Waals surface area contributed by atoms with E-state index in [-0.39, 0.29) is 25.0 Å². The van der Waals surface area contributed by atoms with Crippen molar-refractivity contribution in [3.8, 4) is 5.75 Å². The molecule has 0 radical (unpaired) electrons. The fourth-order valence-electron chi connectivity index (χ4n) is 2.61. The Labute approximate surface area is 177 Å². The fraction of sp³-hybridized carbons (Fsp3) is 0.391. The van der Waals surface area contributed by atoms with E-state index in [2.05, 4.69) is 22.9 Å². The number of urea groups is 1. The van der Waals surface area contributed by atoms with Crippen LogP contribution in [0.25, 0.3) is 0 Å². The number of carbonyl (C=O) groups excluding carboxylic acids is 2. The third kappa shape index (κ3) is 8.13. The molecule has 0 atom stereocenters. The molecule has 0 aliphatic carbocycles. The summed E-state index contributed by atoms with van der Waals surface area (Å²) in [4.78, 5) is 24.2. The van der Waals surface area contributed by atoms with Crippen molar-refractivity contribution in [2.45, 2.75) is 45.6 Å². The van der Waals surface area contributed by atoms with Crippen molar-refractivity contribution in [3.05, 3.63) is 54.1 Å². The number of benzene rings is 2. The lowest BCUT2D eigenvalue weighted by Gasteiger charge is -2.23. The molecule has 0 saturated heterocycles. The summed E-state index contributed by atoms with van der Waals surface area (Å²) < 4.78 is 5.60. The second-order valence-electron chi connectivity index (χ2n) is 7.77. The van der Waals surface area contributed by atoms with Gasteiger partial charge in [0.05, 0.1) is 25.2 Å². The average Bonchev–Trinajstić information content (AvgIpc) is 2.70. The second kappa shape index (κ2) is 11.2. The lowest BCUT2D eigenvalue weighted by Crippen LogP contribution is -2.46. The summed E-state index contributed by atoms with van der Waals surface area (Å²) in [6.45, 7) is 6.16. The van der Waals surface area contributed by atoms with Crippen LogP contribution < -0.4 is 20.7 Å². The number of carbonyl (C=O) groups is 2. The number of hydrogen-bond donors (Lipinski definition) is 4. The Kier molecular flexibility index (Phi) is 8.68. The minimum atomic E-state index is -0.656. The van der Waals surface area contributed by atoms with Gasteiger partial charge in [-0.2, -0.15) is 0 Å². The molecule has 2 rings (SSSR count). The van der Waals surface area contributed by atoms with Gasteiger partial charge in [0, 0.05) is 11.4 Å². The summed E-state index contributed by atoms with van der Waals surface area (Å²) in [5.41, 5.74) is 1.43. The lowest BCUT2D eigenvalue weighted by atomic mass is 10.1. The minimum Gasteiger partial charge on any atom is -0.494 e. The predicted octanol–water partition coefficient (Wildman–Crippen LogP) is 3.94. The zero-order valence-electron chi connectivity index (χ0n) is 17.8. The molecule has 7 heteroatoms. The summed E-state index contributed by atoms with van der Waals surface area (Å²) in [5, 5.41) is 17.5. The third-order valence-corrected chi connectivity index (χ3v) is 4.33. The molecule has 4 N–H and O–H groups in total. The first kappa shape index (κ1) is 23.2. The molecule has 7 nitrogen and oxygen atoms in total. The quantitative estimate of drug-likeness (QED) is 0.443. The van der Waals surface area contributed by atoms with E-state index in [9.17, 15) is 14.7 Å². The molecule has 0 bridgehead atoms. The first-order valence-corrected chi connectivity index (χ1v) is 10.1. The maximum absolute atomic E-state index is 12.2. The van der Waals surface area contributed by atoms with E-state index in [0.717, 1.165) is 24.2 Å². The van der Waals surface area contributed by atoms with Crippen LogP contribution in [0.2, 0.25) is 0 Å². The normalized spacial score (nSPS) is 10.9. The second-order valence-corrected chi connectivity index (χ2v) is 7.77. The molecule has 0 spiro atoms. The lowest BCUT2D eigenvalue weighted by molar-refractivity contribution is -0.122. The highest BCUT2D eigenvalue weighted by molar-refractivity contribution is 5.99. The Balaban J connectivity index is 1.82. The van der Waals surface area contributed by atoms with Gasteiger partial charge in [-0.3, -0.25) is 4.79 Å². The first-order chi connectivity index (χ1) is 14.3. The highest BCUT2D eigenvalue weighted by Crippen LogP contribution is 2.17. The van der Waals surface area contributed by atoms with Gasteiger partial charge in [0.1, 0.15) is 5.75 Å². The monoisotopic (exact) mass is 413 g/mol. The van der Waals surface area contributed by atoms with Gasteiger partial charge in [-0.05, 0) is 62.2 Å². The van der Waals surface area contributed by atoms with Gasteiger partial charge >= 0.3 is 6.03 Å². The Hall–Kier alpha value is -3.06. The van der Waals surface area contributed by atoms with Crippen LogP contribution in [0.1, 0.15) is 39.2 Å². The Morgan fingerprint density at radius 3 is 2.07 bits per heavy atom. The van der Waals surface area contributed by atoms with Crippen LogP contribution in [-0.4, -0.2) is 35.8 Å². The minimum absolute atomic E-state index is 0.134. The fourth-order valence-corrected chi connectivity index (χ4v) is 2.61. The topological polar surface area (TPSA) is 99.7 Å². The highest BCUT2D eigenvalue weighted by Gasteiger charge is 2.19. The van der Waals surface area contributed by atoms with Crippen LogP contribution in [0.4, 0.5) is 16.2 Å². The summed E-state index contributed by atoms with van der Waals surface area (Å²) in [6.07, 6.45) is 2.28. The van der Waals surface area contributed by atoms with E-state index >= 15 is 0 Å². The first-order valence-electron chi connectivity index (χ1n) is 10.1. The van der Waals surface area contributed by atoms with Crippen LogP contribution in [0.5, 0.6) is 5.75 Å². The van der Waals surface area contributed by atoms with Crippen LogP contribution in [0.15, 0.2) is 48.5 Å².